The van der Waals surface area contributed by atoms with Gasteiger partial charge in [0.15, 0.2) is 0 Å². The fourth-order valence-corrected chi connectivity index (χ4v) is 2.34. The van der Waals surface area contributed by atoms with Crippen molar-refractivity contribution in [2.75, 3.05) is 13.1 Å². The first-order chi connectivity index (χ1) is 9.43. The maximum Gasteiger partial charge on any atom is 0.0746 e. The normalized spacial score (nSPS) is 14.9. The molecule has 0 saturated heterocycles. The molecule has 2 aromatic rings. The van der Waals surface area contributed by atoms with Gasteiger partial charge in [0.2, 0.25) is 0 Å². The lowest BCUT2D eigenvalue weighted by atomic mass is 10.1. The highest BCUT2D eigenvalue weighted by Gasteiger charge is 2.19. The summed E-state index contributed by atoms with van der Waals surface area (Å²) >= 11 is 0. The number of nitrogens with one attached hydrogen (secondary N) is 2. The zero-order valence-corrected chi connectivity index (χ0v) is 11.2. The van der Waals surface area contributed by atoms with E-state index in [0.29, 0.717) is 0 Å². The van der Waals surface area contributed by atoms with Gasteiger partial charge in [0, 0.05) is 24.2 Å². The number of pyridine rings is 1. The van der Waals surface area contributed by atoms with Gasteiger partial charge in [-0.3, -0.25) is 4.98 Å². The second kappa shape index (κ2) is 6.13. The molecule has 3 heteroatoms. The predicted octanol–water partition coefficient (Wildman–Crippen LogP) is 2.47. The topological polar surface area (TPSA) is 37.0 Å². The van der Waals surface area contributed by atoms with Gasteiger partial charge < -0.3 is 10.6 Å². The second-order valence-corrected chi connectivity index (χ2v) is 5.25. The number of hydrogen-bond acceptors (Lipinski definition) is 3. The van der Waals surface area contributed by atoms with E-state index >= 15 is 0 Å². The molecule has 0 spiro atoms. The summed E-state index contributed by atoms with van der Waals surface area (Å²) in [6.45, 7) is 3.09. The van der Waals surface area contributed by atoms with E-state index in [1.165, 1.54) is 30.2 Å². The SMILES string of the molecule is c1cnc2c(CNCCCNC3CC3)cccc2c1. The van der Waals surface area contributed by atoms with Crippen LogP contribution < -0.4 is 10.6 Å². The summed E-state index contributed by atoms with van der Waals surface area (Å²) < 4.78 is 0. The van der Waals surface area contributed by atoms with Gasteiger partial charge in [-0.2, -0.15) is 0 Å². The maximum absolute atomic E-state index is 4.48. The molecule has 0 radical (unpaired) electrons. The lowest BCUT2D eigenvalue weighted by Crippen LogP contribution is -2.23. The van der Waals surface area contributed by atoms with Gasteiger partial charge in [0.1, 0.15) is 0 Å². The van der Waals surface area contributed by atoms with Crippen LogP contribution in [-0.4, -0.2) is 24.1 Å². The average Bonchev–Trinajstić information content (AvgIpc) is 3.27. The molecule has 1 fully saturated rings. The van der Waals surface area contributed by atoms with E-state index in [2.05, 4.69) is 39.9 Å². The molecule has 1 heterocycles. The van der Waals surface area contributed by atoms with Crippen molar-refractivity contribution in [2.45, 2.75) is 31.8 Å². The van der Waals surface area contributed by atoms with Crippen LogP contribution >= 0.6 is 0 Å². The summed E-state index contributed by atoms with van der Waals surface area (Å²) in [5.74, 6) is 0. The quantitative estimate of drug-likeness (QED) is 0.746. The van der Waals surface area contributed by atoms with Gasteiger partial charge in [-0.15, -0.1) is 0 Å². The molecule has 3 rings (SSSR count). The number of para-hydroxylation sites is 1. The summed E-state index contributed by atoms with van der Waals surface area (Å²) in [7, 11) is 0. The Morgan fingerprint density at radius 1 is 1.11 bits per heavy atom. The van der Waals surface area contributed by atoms with E-state index in [9.17, 15) is 0 Å². The van der Waals surface area contributed by atoms with Gasteiger partial charge in [-0.1, -0.05) is 24.3 Å². The van der Waals surface area contributed by atoms with Crippen molar-refractivity contribution in [3.8, 4) is 0 Å². The third-order valence-corrected chi connectivity index (χ3v) is 3.57. The van der Waals surface area contributed by atoms with E-state index in [1.54, 1.807) is 0 Å². The Bertz CT molecular complexity index is 529. The third kappa shape index (κ3) is 3.52. The van der Waals surface area contributed by atoms with E-state index in [0.717, 1.165) is 31.2 Å². The van der Waals surface area contributed by atoms with Crippen molar-refractivity contribution in [3.63, 3.8) is 0 Å². The Morgan fingerprint density at radius 2 is 2.00 bits per heavy atom. The summed E-state index contributed by atoms with van der Waals surface area (Å²) in [6, 6.07) is 11.3. The van der Waals surface area contributed by atoms with Crippen molar-refractivity contribution < 1.29 is 0 Å². The molecular weight excluding hydrogens is 234 g/mol. The van der Waals surface area contributed by atoms with Crippen LogP contribution in [0.4, 0.5) is 0 Å². The Balaban J connectivity index is 1.47. The Morgan fingerprint density at radius 3 is 2.89 bits per heavy atom. The number of fused-ring (bicyclic) bond motifs is 1. The minimum atomic E-state index is 0.822. The van der Waals surface area contributed by atoms with Crippen molar-refractivity contribution in [2.24, 2.45) is 0 Å². The molecule has 1 aromatic heterocycles. The molecule has 0 amide bonds. The molecule has 19 heavy (non-hydrogen) atoms. The van der Waals surface area contributed by atoms with E-state index in [4.69, 9.17) is 0 Å². The summed E-state index contributed by atoms with van der Waals surface area (Å²) in [5, 5.41) is 8.26. The van der Waals surface area contributed by atoms with Crippen LogP contribution in [0, 0.1) is 0 Å². The van der Waals surface area contributed by atoms with Crippen molar-refractivity contribution in [1.82, 2.24) is 15.6 Å². The van der Waals surface area contributed by atoms with Crippen LogP contribution in [-0.2, 0) is 6.54 Å². The van der Waals surface area contributed by atoms with Gasteiger partial charge in [0.05, 0.1) is 5.52 Å². The van der Waals surface area contributed by atoms with E-state index in [-0.39, 0.29) is 0 Å². The largest absolute Gasteiger partial charge is 0.314 e. The van der Waals surface area contributed by atoms with Gasteiger partial charge >= 0.3 is 0 Å². The molecule has 0 atom stereocenters. The van der Waals surface area contributed by atoms with Crippen molar-refractivity contribution in [3.05, 3.63) is 42.1 Å². The Kier molecular flexibility index (Phi) is 4.06. The standard InChI is InChI=1S/C16H21N3/c1-4-13-6-2-10-19-16(13)14(5-1)12-17-9-3-11-18-15-7-8-15/h1-2,4-6,10,15,17-18H,3,7-9,11-12H2. The first-order valence-corrected chi connectivity index (χ1v) is 7.20. The molecule has 1 aliphatic carbocycles. The maximum atomic E-state index is 4.48. The molecular formula is C16H21N3. The highest BCUT2D eigenvalue weighted by atomic mass is 14.9. The lowest BCUT2D eigenvalue weighted by Gasteiger charge is -2.08. The number of hydrogen-bond donors (Lipinski definition) is 2. The number of benzene rings is 1. The molecule has 2 N–H and O–H groups in total. The molecule has 0 aliphatic heterocycles. The van der Waals surface area contributed by atoms with Crippen LogP contribution in [0.3, 0.4) is 0 Å². The fourth-order valence-electron chi connectivity index (χ4n) is 2.34. The number of aromatic nitrogens is 1. The van der Waals surface area contributed by atoms with Crippen LogP contribution in [0.1, 0.15) is 24.8 Å². The number of rotatable bonds is 7. The highest BCUT2D eigenvalue weighted by Crippen LogP contribution is 2.18. The van der Waals surface area contributed by atoms with E-state index in [1.807, 2.05) is 12.3 Å². The molecule has 1 aromatic carbocycles. The summed E-state index contributed by atoms with van der Waals surface area (Å²) in [6.07, 6.45) is 5.80. The third-order valence-electron chi connectivity index (χ3n) is 3.57. The van der Waals surface area contributed by atoms with Crippen LogP contribution in [0.25, 0.3) is 10.9 Å². The predicted molar refractivity (Wildman–Crippen MR) is 79.1 cm³/mol. The van der Waals surface area contributed by atoms with Crippen molar-refractivity contribution in [1.29, 1.82) is 0 Å². The van der Waals surface area contributed by atoms with E-state index < -0.39 is 0 Å². The minimum Gasteiger partial charge on any atom is -0.314 e. The Labute approximate surface area is 114 Å². The van der Waals surface area contributed by atoms with Crippen LogP contribution in [0.15, 0.2) is 36.5 Å². The molecule has 100 valence electrons. The second-order valence-electron chi connectivity index (χ2n) is 5.25. The monoisotopic (exact) mass is 255 g/mol. The van der Waals surface area contributed by atoms with Crippen LogP contribution in [0.2, 0.25) is 0 Å². The zero-order chi connectivity index (χ0) is 12.9. The Hall–Kier alpha value is -1.45. The molecule has 1 saturated carbocycles. The first kappa shape index (κ1) is 12.6. The molecule has 0 bridgehead atoms. The smallest absolute Gasteiger partial charge is 0.0746 e. The zero-order valence-electron chi connectivity index (χ0n) is 11.2. The van der Waals surface area contributed by atoms with Crippen LogP contribution in [0.5, 0.6) is 0 Å². The van der Waals surface area contributed by atoms with Gasteiger partial charge in [0.25, 0.3) is 0 Å². The molecule has 0 unspecified atom stereocenters. The minimum absolute atomic E-state index is 0.822. The number of nitrogens with zero attached hydrogens (tertiary/aromatic N) is 1. The first-order valence-electron chi connectivity index (χ1n) is 7.20. The fraction of sp³-hybridized carbons (Fsp3) is 0.438. The van der Waals surface area contributed by atoms with Gasteiger partial charge in [-0.25, -0.2) is 0 Å². The molecule has 1 aliphatic rings. The highest BCUT2D eigenvalue weighted by molar-refractivity contribution is 5.81. The lowest BCUT2D eigenvalue weighted by molar-refractivity contribution is 0.594. The van der Waals surface area contributed by atoms with Gasteiger partial charge in [-0.05, 0) is 44.0 Å². The summed E-state index contributed by atoms with van der Waals surface area (Å²) in [5.41, 5.74) is 2.40. The average molecular weight is 255 g/mol. The van der Waals surface area contributed by atoms with Crippen molar-refractivity contribution >= 4 is 10.9 Å². The summed E-state index contributed by atoms with van der Waals surface area (Å²) in [4.78, 5) is 4.48. The molecule has 3 nitrogen and oxygen atoms in total.